The second-order valence-corrected chi connectivity index (χ2v) is 5.17. The number of amides is 1. The Morgan fingerprint density at radius 2 is 2.09 bits per heavy atom. The first-order valence-electron chi connectivity index (χ1n) is 6.96. The number of methoxy groups -OCH3 is 1. The topological polar surface area (TPSA) is 69.0 Å². The highest BCUT2D eigenvalue weighted by Crippen LogP contribution is 2.23. The Bertz CT molecular complexity index is 729. The molecule has 2 rings (SSSR count). The summed E-state index contributed by atoms with van der Waals surface area (Å²) in [6.07, 6.45) is 1.57. The normalized spacial score (nSPS) is 10.9. The van der Waals surface area contributed by atoms with E-state index in [0.717, 1.165) is 5.56 Å². The predicted molar refractivity (Wildman–Crippen MR) is 80.8 cm³/mol. The van der Waals surface area contributed by atoms with Crippen molar-refractivity contribution >= 4 is 11.6 Å². The summed E-state index contributed by atoms with van der Waals surface area (Å²) in [4.78, 5) is 16.3. The molecule has 1 amide bonds. The van der Waals surface area contributed by atoms with Crippen LogP contribution in [0, 0.1) is 20.8 Å². The van der Waals surface area contributed by atoms with Gasteiger partial charge in [0, 0.05) is 17.5 Å². The van der Waals surface area contributed by atoms with Gasteiger partial charge in [0.25, 0.3) is 0 Å². The zero-order valence-electron chi connectivity index (χ0n) is 13.4. The van der Waals surface area contributed by atoms with E-state index in [1.54, 1.807) is 19.2 Å². The van der Waals surface area contributed by atoms with E-state index in [2.05, 4.69) is 15.4 Å². The van der Waals surface area contributed by atoms with E-state index in [-0.39, 0.29) is 18.0 Å². The monoisotopic (exact) mass is 324 g/mol. The van der Waals surface area contributed by atoms with E-state index >= 15 is 0 Å². The molecular formula is C15H18F2N4O2. The fraction of sp³-hybridized carbons (Fsp3) is 0.400. The van der Waals surface area contributed by atoms with Crippen molar-refractivity contribution in [3.05, 3.63) is 34.8 Å². The number of rotatable bonds is 5. The number of pyridine rings is 1. The number of anilines is 1. The minimum atomic E-state index is -2.73. The van der Waals surface area contributed by atoms with Gasteiger partial charge in [0.1, 0.15) is 5.69 Å². The van der Waals surface area contributed by atoms with E-state index in [1.807, 2.05) is 6.92 Å². The smallest absolute Gasteiger partial charge is 0.333 e. The summed E-state index contributed by atoms with van der Waals surface area (Å²) in [7, 11) is 1.45. The van der Waals surface area contributed by atoms with Crippen LogP contribution in [0.3, 0.4) is 0 Å². The van der Waals surface area contributed by atoms with Gasteiger partial charge in [-0.05, 0) is 32.4 Å². The molecule has 8 heteroatoms. The van der Waals surface area contributed by atoms with Gasteiger partial charge in [-0.15, -0.1) is 0 Å². The van der Waals surface area contributed by atoms with Crippen LogP contribution in [0.5, 0.6) is 5.88 Å². The van der Waals surface area contributed by atoms with Gasteiger partial charge in [-0.1, -0.05) is 0 Å². The molecule has 0 aliphatic rings. The fourth-order valence-electron chi connectivity index (χ4n) is 2.31. The molecule has 6 nitrogen and oxygen atoms in total. The number of hydrogen-bond acceptors (Lipinski definition) is 4. The van der Waals surface area contributed by atoms with Crippen molar-refractivity contribution in [3.63, 3.8) is 0 Å². The lowest BCUT2D eigenvalue weighted by molar-refractivity contribution is -0.115. The maximum absolute atomic E-state index is 12.8. The highest BCUT2D eigenvalue weighted by atomic mass is 19.3. The maximum atomic E-state index is 12.8. The zero-order valence-corrected chi connectivity index (χ0v) is 13.4. The third-order valence-electron chi connectivity index (χ3n) is 3.45. The van der Waals surface area contributed by atoms with Crippen LogP contribution in [0.15, 0.2) is 12.3 Å². The molecule has 0 saturated carbocycles. The Morgan fingerprint density at radius 1 is 1.39 bits per heavy atom. The highest BCUT2D eigenvalue weighted by Gasteiger charge is 2.20. The fourth-order valence-corrected chi connectivity index (χ4v) is 2.31. The van der Waals surface area contributed by atoms with Crippen molar-refractivity contribution in [2.45, 2.75) is 33.7 Å². The minimum Gasteiger partial charge on any atom is -0.480 e. The molecule has 23 heavy (non-hydrogen) atoms. The third kappa shape index (κ3) is 3.64. The Morgan fingerprint density at radius 3 is 2.65 bits per heavy atom. The maximum Gasteiger partial charge on any atom is 0.333 e. The second-order valence-electron chi connectivity index (χ2n) is 5.17. The van der Waals surface area contributed by atoms with Crippen molar-refractivity contribution in [2.24, 2.45) is 0 Å². The largest absolute Gasteiger partial charge is 0.480 e. The van der Waals surface area contributed by atoms with Crippen LogP contribution in [-0.2, 0) is 11.2 Å². The molecule has 0 spiro atoms. The number of carbonyl (C=O) groups is 1. The molecule has 0 atom stereocenters. The molecule has 0 saturated heterocycles. The average Bonchev–Trinajstić information content (AvgIpc) is 2.76. The van der Waals surface area contributed by atoms with Gasteiger partial charge in [-0.2, -0.15) is 13.9 Å². The molecule has 0 aromatic carbocycles. The molecule has 1 N–H and O–H groups in total. The molecule has 2 aromatic rings. The van der Waals surface area contributed by atoms with E-state index in [0.29, 0.717) is 27.5 Å². The lowest BCUT2D eigenvalue weighted by Crippen LogP contribution is -2.16. The van der Waals surface area contributed by atoms with Crippen LogP contribution >= 0.6 is 0 Å². The van der Waals surface area contributed by atoms with Gasteiger partial charge in [-0.3, -0.25) is 4.79 Å². The van der Waals surface area contributed by atoms with Crippen LogP contribution in [0.2, 0.25) is 0 Å². The van der Waals surface area contributed by atoms with Crippen LogP contribution < -0.4 is 10.1 Å². The van der Waals surface area contributed by atoms with Crippen molar-refractivity contribution in [1.82, 2.24) is 14.8 Å². The van der Waals surface area contributed by atoms with Gasteiger partial charge in [0.2, 0.25) is 11.8 Å². The molecule has 0 fully saturated rings. The summed E-state index contributed by atoms with van der Waals surface area (Å²) in [6, 6.07) is 1.73. The number of nitrogens with one attached hydrogen (secondary N) is 1. The Hall–Kier alpha value is -2.51. The summed E-state index contributed by atoms with van der Waals surface area (Å²) >= 11 is 0. The highest BCUT2D eigenvalue weighted by molar-refractivity contribution is 5.93. The standard InChI is InChI=1S/C15H18F2N4O2/c1-8-5-12(14(23-4)18-7-8)19-13(22)6-11-9(2)20-21(10(11)3)15(16)17/h5,7,15H,6H2,1-4H3,(H,19,22). The molecule has 0 radical (unpaired) electrons. The zero-order chi connectivity index (χ0) is 17.1. The number of aryl methyl sites for hydroxylation is 2. The molecule has 2 aromatic heterocycles. The van der Waals surface area contributed by atoms with Gasteiger partial charge < -0.3 is 10.1 Å². The van der Waals surface area contributed by atoms with Gasteiger partial charge >= 0.3 is 6.55 Å². The number of nitrogens with zero attached hydrogens (tertiary/aromatic N) is 3. The summed E-state index contributed by atoms with van der Waals surface area (Å²) < 4.78 is 31.4. The summed E-state index contributed by atoms with van der Waals surface area (Å²) in [5.74, 6) is -0.0589. The van der Waals surface area contributed by atoms with E-state index in [4.69, 9.17) is 4.74 Å². The summed E-state index contributed by atoms with van der Waals surface area (Å²) in [5.41, 5.74) is 2.48. The molecule has 124 valence electrons. The van der Waals surface area contributed by atoms with Crippen molar-refractivity contribution in [1.29, 1.82) is 0 Å². The van der Waals surface area contributed by atoms with Gasteiger partial charge in [0.05, 0.1) is 19.2 Å². The summed E-state index contributed by atoms with van der Waals surface area (Å²) in [5, 5.41) is 6.46. The Kier molecular flexibility index (Phi) is 4.92. The lowest BCUT2D eigenvalue weighted by Gasteiger charge is -2.10. The number of alkyl halides is 2. The van der Waals surface area contributed by atoms with E-state index in [1.165, 1.54) is 14.0 Å². The van der Waals surface area contributed by atoms with Crippen LogP contribution in [0.1, 0.15) is 29.1 Å². The molecule has 2 heterocycles. The van der Waals surface area contributed by atoms with Gasteiger partial charge in [-0.25, -0.2) is 9.67 Å². The van der Waals surface area contributed by atoms with Crippen molar-refractivity contribution < 1.29 is 18.3 Å². The number of ether oxygens (including phenoxy) is 1. The van der Waals surface area contributed by atoms with Crippen molar-refractivity contribution in [2.75, 3.05) is 12.4 Å². The minimum absolute atomic E-state index is 0.0541. The predicted octanol–water partition coefficient (Wildman–Crippen LogP) is 2.79. The van der Waals surface area contributed by atoms with E-state index < -0.39 is 6.55 Å². The first-order valence-corrected chi connectivity index (χ1v) is 6.96. The number of aromatic nitrogens is 3. The van der Waals surface area contributed by atoms with Crippen LogP contribution in [-0.4, -0.2) is 27.8 Å². The molecule has 0 unspecified atom stereocenters. The third-order valence-corrected chi connectivity index (χ3v) is 3.45. The van der Waals surface area contributed by atoms with E-state index in [9.17, 15) is 13.6 Å². The number of carbonyl (C=O) groups excluding carboxylic acids is 1. The molecule has 0 aliphatic heterocycles. The number of hydrogen-bond donors (Lipinski definition) is 1. The number of halogens is 2. The first-order chi connectivity index (χ1) is 10.8. The lowest BCUT2D eigenvalue weighted by atomic mass is 10.1. The molecular weight excluding hydrogens is 306 g/mol. The Labute approximate surface area is 132 Å². The van der Waals surface area contributed by atoms with Crippen molar-refractivity contribution in [3.8, 4) is 5.88 Å². The summed E-state index contributed by atoms with van der Waals surface area (Å²) in [6.45, 7) is 2.22. The van der Waals surface area contributed by atoms with Crippen LogP contribution in [0.4, 0.5) is 14.5 Å². The van der Waals surface area contributed by atoms with Crippen LogP contribution in [0.25, 0.3) is 0 Å². The molecule has 0 bridgehead atoms. The van der Waals surface area contributed by atoms with Gasteiger partial charge in [0.15, 0.2) is 0 Å². The Balaban J connectivity index is 2.19. The second kappa shape index (κ2) is 6.72. The molecule has 0 aliphatic carbocycles. The average molecular weight is 324 g/mol. The SMILES string of the molecule is COc1ncc(C)cc1NC(=O)Cc1c(C)nn(C(F)F)c1C. The first kappa shape index (κ1) is 16.9. The quantitative estimate of drug-likeness (QED) is 0.918.